The molecule has 1 aromatic heterocycles. The lowest BCUT2D eigenvalue weighted by Gasteiger charge is -2.39. The van der Waals surface area contributed by atoms with Gasteiger partial charge in [0.2, 0.25) is 5.89 Å². The maximum Gasteiger partial charge on any atom is 0.226 e. The molecule has 1 fully saturated rings. The van der Waals surface area contributed by atoms with Crippen molar-refractivity contribution in [2.75, 3.05) is 6.61 Å². The molecule has 2 atom stereocenters. The number of benzene rings is 1. The van der Waals surface area contributed by atoms with E-state index in [-0.39, 0.29) is 12.6 Å². The van der Waals surface area contributed by atoms with Crippen LogP contribution in [0.4, 0.5) is 0 Å². The summed E-state index contributed by atoms with van der Waals surface area (Å²) in [5.74, 6) is 1.55. The summed E-state index contributed by atoms with van der Waals surface area (Å²) in [6, 6.07) is 10.7. The van der Waals surface area contributed by atoms with Crippen LogP contribution < -0.4 is 0 Å². The fraction of sp³-hybridized carbons (Fsp3) is 0.500. The molecule has 22 heavy (non-hydrogen) atoms. The van der Waals surface area contributed by atoms with E-state index >= 15 is 0 Å². The van der Waals surface area contributed by atoms with Crippen molar-refractivity contribution in [3.63, 3.8) is 0 Å². The zero-order chi connectivity index (χ0) is 15.5. The average Bonchev–Trinajstić information content (AvgIpc) is 2.91. The molecule has 118 valence electrons. The number of hydrogen-bond acceptors (Lipinski definition) is 4. The molecule has 1 aliphatic heterocycles. The van der Waals surface area contributed by atoms with Crippen LogP contribution in [0.25, 0.3) is 11.5 Å². The third kappa shape index (κ3) is 3.08. The number of oxazole rings is 1. The van der Waals surface area contributed by atoms with Gasteiger partial charge in [-0.3, -0.25) is 4.90 Å². The Labute approximate surface area is 131 Å². The van der Waals surface area contributed by atoms with E-state index in [9.17, 15) is 5.11 Å². The van der Waals surface area contributed by atoms with Crippen LogP contribution in [0.1, 0.15) is 37.6 Å². The molecule has 1 aromatic carbocycles. The molecule has 0 radical (unpaired) electrons. The minimum absolute atomic E-state index is 0.215. The summed E-state index contributed by atoms with van der Waals surface area (Å²) in [6.45, 7) is 5.16. The summed E-state index contributed by atoms with van der Waals surface area (Å²) < 4.78 is 5.85. The first-order valence-corrected chi connectivity index (χ1v) is 8.07. The average molecular weight is 300 g/mol. The quantitative estimate of drug-likeness (QED) is 0.940. The Morgan fingerprint density at radius 3 is 2.77 bits per heavy atom. The van der Waals surface area contributed by atoms with Gasteiger partial charge in [0.1, 0.15) is 5.76 Å². The molecule has 2 heterocycles. The maximum atomic E-state index is 9.62. The lowest BCUT2D eigenvalue weighted by Crippen LogP contribution is -2.46. The van der Waals surface area contributed by atoms with Gasteiger partial charge in [-0.05, 0) is 38.8 Å². The van der Waals surface area contributed by atoms with Crippen LogP contribution in [0, 0.1) is 6.92 Å². The molecule has 4 heteroatoms. The Kier molecular flexibility index (Phi) is 4.60. The number of aliphatic hydroxyl groups is 1. The summed E-state index contributed by atoms with van der Waals surface area (Å²) in [4.78, 5) is 7.05. The minimum atomic E-state index is 0.215. The van der Waals surface area contributed by atoms with Gasteiger partial charge in [-0.2, -0.15) is 0 Å². The number of aryl methyl sites for hydroxylation is 1. The molecule has 0 saturated carbocycles. The summed E-state index contributed by atoms with van der Waals surface area (Å²) >= 11 is 0. The van der Waals surface area contributed by atoms with Gasteiger partial charge in [-0.1, -0.05) is 24.6 Å². The highest BCUT2D eigenvalue weighted by Gasteiger charge is 2.28. The molecule has 2 unspecified atom stereocenters. The van der Waals surface area contributed by atoms with Gasteiger partial charge >= 0.3 is 0 Å². The number of aliphatic hydroxyl groups excluding tert-OH is 1. The predicted octanol–water partition coefficient (Wildman–Crippen LogP) is 3.39. The fourth-order valence-corrected chi connectivity index (χ4v) is 3.27. The Hall–Kier alpha value is -1.65. The third-order valence-corrected chi connectivity index (χ3v) is 4.65. The second-order valence-electron chi connectivity index (χ2n) is 6.18. The number of piperidine rings is 1. The molecule has 0 aliphatic carbocycles. The highest BCUT2D eigenvalue weighted by Crippen LogP contribution is 2.27. The van der Waals surface area contributed by atoms with Crippen molar-refractivity contribution in [2.24, 2.45) is 0 Å². The van der Waals surface area contributed by atoms with Gasteiger partial charge < -0.3 is 9.52 Å². The Morgan fingerprint density at radius 1 is 1.27 bits per heavy atom. The standard InChI is InChI=1S/C18H24N2O2/c1-13-7-6-10-16(12-21)20(13)11-17-14(2)22-18(19-17)15-8-4-3-5-9-15/h3-5,8-9,13,16,21H,6-7,10-12H2,1-2H3. The van der Waals surface area contributed by atoms with Crippen LogP contribution >= 0.6 is 0 Å². The van der Waals surface area contributed by atoms with E-state index in [1.165, 1.54) is 12.8 Å². The summed E-state index contributed by atoms with van der Waals surface area (Å²) in [7, 11) is 0. The molecule has 0 bridgehead atoms. The molecule has 1 saturated heterocycles. The zero-order valence-electron chi connectivity index (χ0n) is 13.3. The number of rotatable bonds is 4. The molecular formula is C18H24N2O2. The van der Waals surface area contributed by atoms with E-state index in [4.69, 9.17) is 4.42 Å². The molecular weight excluding hydrogens is 276 g/mol. The highest BCUT2D eigenvalue weighted by atomic mass is 16.4. The monoisotopic (exact) mass is 300 g/mol. The lowest BCUT2D eigenvalue weighted by atomic mass is 9.96. The largest absolute Gasteiger partial charge is 0.441 e. The van der Waals surface area contributed by atoms with Gasteiger partial charge in [-0.25, -0.2) is 4.98 Å². The Morgan fingerprint density at radius 2 is 2.05 bits per heavy atom. The van der Waals surface area contributed by atoms with Gasteiger partial charge in [0, 0.05) is 24.2 Å². The lowest BCUT2D eigenvalue weighted by molar-refractivity contribution is 0.0440. The van der Waals surface area contributed by atoms with Crippen molar-refractivity contribution in [1.82, 2.24) is 9.88 Å². The van der Waals surface area contributed by atoms with Crippen LogP contribution in [0.15, 0.2) is 34.7 Å². The van der Waals surface area contributed by atoms with E-state index in [1.54, 1.807) is 0 Å². The van der Waals surface area contributed by atoms with E-state index in [0.717, 1.165) is 30.0 Å². The molecule has 1 N–H and O–H groups in total. The van der Waals surface area contributed by atoms with E-state index in [0.29, 0.717) is 11.9 Å². The van der Waals surface area contributed by atoms with E-state index in [2.05, 4.69) is 16.8 Å². The van der Waals surface area contributed by atoms with Crippen molar-refractivity contribution in [3.05, 3.63) is 41.8 Å². The smallest absolute Gasteiger partial charge is 0.226 e. The van der Waals surface area contributed by atoms with Crippen molar-refractivity contribution in [1.29, 1.82) is 0 Å². The SMILES string of the molecule is Cc1oc(-c2ccccc2)nc1CN1C(C)CCCC1CO. The molecule has 4 nitrogen and oxygen atoms in total. The fourth-order valence-electron chi connectivity index (χ4n) is 3.27. The van der Waals surface area contributed by atoms with Crippen molar-refractivity contribution in [3.8, 4) is 11.5 Å². The Bertz CT molecular complexity index is 609. The topological polar surface area (TPSA) is 49.5 Å². The van der Waals surface area contributed by atoms with Crippen LogP contribution in [0.5, 0.6) is 0 Å². The molecule has 3 rings (SSSR count). The number of aromatic nitrogens is 1. The van der Waals surface area contributed by atoms with Crippen LogP contribution in [-0.4, -0.2) is 33.7 Å². The van der Waals surface area contributed by atoms with Crippen LogP contribution in [0.2, 0.25) is 0 Å². The van der Waals surface area contributed by atoms with E-state index in [1.807, 2.05) is 37.3 Å². The van der Waals surface area contributed by atoms with E-state index < -0.39 is 0 Å². The number of nitrogens with zero attached hydrogens (tertiary/aromatic N) is 2. The molecule has 1 aliphatic rings. The van der Waals surface area contributed by atoms with Crippen molar-refractivity contribution >= 4 is 0 Å². The van der Waals surface area contributed by atoms with Gasteiger partial charge in [0.25, 0.3) is 0 Å². The molecule has 2 aromatic rings. The van der Waals surface area contributed by atoms with Crippen LogP contribution in [-0.2, 0) is 6.54 Å². The normalized spacial score (nSPS) is 22.9. The van der Waals surface area contributed by atoms with Gasteiger partial charge in [-0.15, -0.1) is 0 Å². The number of likely N-dealkylation sites (tertiary alicyclic amines) is 1. The predicted molar refractivity (Wildman–Crippen MR) is 86.4 cm³/mol. The first-order chi connectivity index (χ1) is 10.7. The highest BCUT2D eigenvalue weighted by molar-refractivity contribution is 5.53. The first kappa shape index (κ1) is 15.3. The summed E-state index contributed by atoms with van der Waals surface area (Å²) in [6.07, 6.45) is 3.43. The summed E-state index contributed by atoms with van der Waals surface area (Å²) in [5, 5.41) is 9.62. The minimum Gasteiger partial charge on any atom is -0.441 e. The number of hydrogen-bond donors (Lipinski definition) is 1. The second kappa shape index (κ2) is 6.63. The maximum absolute atomic E-state index is 9.62. The van der Waals surface area contributed by atoms with Crippen molar-refractivity contribution < 1.29 is 9.52 Å². The van der Waals surface area contributed by atoms with Crippen LogP contribution in [0.3, 0.4) is 0 Å². The molecule has 0 amide bonds. The molecule has 0 spiro atoms. The summed E-state index contributed by atoms with van der Waals surface area (Å²) in [5.41, 5.74) is 1.98. The van der Waals surface area contributed by atoms with Gasteiger partial charge in [0.15, 0.2) is 0 Å². The zero-order valence-corrected chi connectivity index (χ0v) is 13.3. The third-order valence-electron chi connectivity index (χ3n) is 4.65. The van der Waals surface area contributed by atoms with Gasteiger partial charge in [0.05, 0.1) is 12.3 Å². The van der Waals surface area contributed by atoms with Crippen molar-refractivity contribution in [2.45, 2.75) is 51.7 Å². The Balaban J connectivity index is 1.82. The first-order valence-electron chi connectivity index (χ1n) is 8.07. The second-order valence-corrected chi connectivity index (χ2v) is 6.18.